The van der Waals surface area contributed by atoms with Crippen molar-refractivity contribution in [3.63, 3.8) is 0 Å². The van der Waals surface area contributed by atoms with Gasteiger partial charge in [-0.2, -0.15) is 0 Å². The first-order valence-electron chi connectivity index (χ1n) is 9.62. The summed E-state index contributed by atoms with van der Waals surface area (Å²) in [5.74, 6) is 0.918. The highest BCUT2D eigenvalue weighted by molar-refractivity contribution is 6.19. The van der Waals surface area contributed by atoms with Crippen LogP contribution in [0.2, 0.25) is 0 Å². The molecule has 2 aliphatic heterocycles. The largest absolute Gasteiger partial charge is 0.328 e. The van der Waals surface area contributed by atoms with Gasteiger partial charge in [0.25, 0.3) is 0 Å². The molecule has 3 aliphatic rings. The van der Waals surface area contributed by atoms with E-state index in [0.29, 0.717) is 6.04 Å². The Morgan fingerprint density at radius 3 is 2.38 bits per heavy atom. The summed E-state index contributed by atoms with van der Waals surface area (Å²) >= 11 is 0. The van der Waals surface area contributed by atoms with E-state index >= 15 is 0 Å². The van der Waals surface area contributed by atoms with Crippen molar-refractivity contribution >= 4 is 30.0 Å². The molecule has 2 amide bonds. The molecule has 0 radical (unpaired) electrons. The minimum atomic E-state index is -0.303. The topological polar surface area (TPSA) is 47.9 Å². The Hall–Kier alpha value is -1.59. The summed E-state index contributed by atoms with van der Waals surface area (Å²) in [6.07, 6.45) is 8.01. The summed E-state index contributed by atoms with van der Waals surface area (Å²) in [5, 5.41) is 3.14. The number of rotatable bonds is 2. The van der Waals surface area contributed by atoms with Gasteiger partial charge in [0.1, 0.15) is 11.4 Å². The second-order valence-electron chi connectivity index (χ2n) is 7.71. The van der Waals surface area contributed by atoms with Crippen molar-refractivity contribution < 1.29 is 4.79 Å². The zero-order chi connectivity index (χ0) is 17.3. The summed E-state index contributed by atoms with van der Waals surface area (Å²) in [6, 6.07) is 10.4. The van der Waals surface area contributed by atoms with Crippen LogP contribution in [0.5, 0.6) is 0 Å². The SMILES string of the molecule is CN1CCC2(CC1)C(=NC1CCCCC1)NC(=O)N2c1ccccc1.Cl. The highest BCUT2D eigenvalue weighted by Gasteiger charge is 2.52. The number of likely N-dealkylation sites (tertiary alicyclic amines) is 1. The number of nitrogens with zero attached hydrogens (tertiary/aromatic N) is 3. The molecule has 0 bridgehead atoms. The van der Waals surface area contributed by atoms with E-state index in [1.165, 1.54) is 19.3 Å². The highest BCUT2D eigenvalue weighted by atomic mass is 35.5. The van der Waals surface area contributed by atoms with Crippen LogP contribution in [0.4, 0.5) is 10.5 Å². The summed E-state index contributed by atoms with van der Waals surface area (Å²) in [5.41, 5.74) is 0.668. The minimum absolute atomic E-state index is 0. The molecule has 2 heterocycles. The summed E-state index contributed by atoms with van der Waals surface area (Å²) in [4.78, 5) is 22.3. The predicted molar refractivity (Wildman–Crippen MR) is 108 cm³/mol. The van der Waals surface area contributed by atoms with Crippen LogP contribution in [-0.2, 0) is 0 Å². The van der Waals surface area contributed by atoms with Crippen molar-refractivity contribution in [1.82, 2.24) is 10.2 Å². The maximum absolute atomic E-state index is 12.9. The van der Waals surface area contributed by atoms with Crippen LogP contribution < -0.4 is 10.2 Å². The minimum Gasteiger partial charge on any atom is -0.306 e. The Balaban J connectivity index is 0.00000196. The standard InChI is InChI=1S/C20H28N4O.ClH/c1-23-14-12-20(13-15-23)18(21-16-8-4-2-5-9-16)22-19(25)24(20)17-10-6-3-7-11-17;/h3,6-7,10-11,16H,2,4-5,8-9,12-15H2,1H3,(H,21,22,25);1H. The number of hydrogen-bond donors (Lipinski definition) is 1. The molecule has 0 atom stereocenters. The number of carbonyl (C=O) groups is 1. The fourth-order valence-corrected chi connectivity index (χ4v) is 4.51. The molecular weight excluding hydrogens is 348 g/mol. The van der Waals surface area contributed by atoms with Crippen LogP contribution in [0.1, 0.15) is 44.9 Å². The second kappa shape index (κ2) is 7.97. The van der Waals surface area contributed by atoms with Crippen LogP contribution in [0.3, 0.4) is 0 Å². The molecule has 142 valence electrons. The lowest BCUT2D eigenvalue weighted by molar-refractivity contribution is 0.221. The van der Waals surface area contributed by atoms with E-state index in [1.807, 2.05) is 35.2 Å². The Morgan fingerprint density at radius 2 is 1.73 bits per heavy atom. The lowest BCUT2D eigenvalue weighted by Crippen LogP contribution is -2.56. The first-order valence-corrected chi connectivity index (χ1v) is 9.62. The number of amides is 2. The molecule has 1 aromatic rings. The molecule has 1 spiro atoms. The van der Waals surface area contributed by atoms with E-state index in [0.717, 1.165) is 50.3 Å². The highest BCUT2D eigenvalue weighted by Crippen LogP contribution is 2.38. The van der Waals surface area contributed by atoms with Crippen LogP contribution in [0.15, 0.2) is 35.3 Å². The second-order valence-corrected chi connectivity index (χ2v) is 7.71. The maximum atomic E-state index is 12.9. The van der Waals surface area contributed by atoms with Crippen molar-refractivity contribution in [2.45, 2.75) is 56.5 Å². The van der Waals surface area contributed by atoms with Crippen LogP contribution in [0, 0.1) is 0 Å². The number of benzene rings is 1. The van der Waals surface area contributed by atoms with Gasteiger partial charge in [-0.25, -0.2) is 4.79 Å². The molecule has 4 rings (SSSR count). The molecule has 1 saturated carbocycles. The van der Waals surface area contributed by atoms with Gasteiger partial charge in [0.05, 0.1) is 6.04 Å². The number of nitrogens with one attached hydrogen (secondary N) is 1. The normalized spacial score (nSPS) is 25.3. The van der Waals surface area contributed by atoms with Gasteiger partial charge in [0, 0.05) is 18.8 Å². The fraction of sp³-hybridized carbons (Fsp3) is 0.600. The van der Waals surface area contributed by atoms with Gasteiger partial charge in [-0.1, -0.05) is 37.5 Å². The van der Waals surface area contributed by atoms with Gasteiger partial charge in [-0.3, -0.25) is 15.2 Å². The van der Waals surface area contributed by atoms with E-state index in [2.05, 4.69) is 17.3 Å². The molecule has 26 heavy (non-hydrogen) atoms. The van der Waals surface area contributed by atoms with Crippen LogP contribution >= 0.6 is 12.4 Å². The lowest BCUT2D eigenvalue weighted by Gasteiger charge is -2.43. The fourth-order valence-electron chi connectivity index (χ4n) is 4.51. The molecule has 6 heteroatoms. The van der Waals surface area contributed by atoms with Crippen molar-refractivity contribution in [1.29, 1.82) is 0 Å². The van der Waals surface area contributed by atoms with E-state index in [-0.39, 0.29) is 24.0 Å². The number of hydrogen-bond acceptors (Lipinski definition) is 3. The lowest BCUT2D eigenvalue weighted by atomic mass is 9.85. The van der Waals surface area contributed by atoms with Gasteiger partial charge >= 0.3 is 6.03 Å². The summed E-state index contributed by atoms with van der Waals surface area (Å²) in [7, 11) is 2.15. The number of aliphatic imine (C=N–C) groups is 1. The molecule has 0 aromatic heterocycles. The Labute approximate surface area is 162 Å². The van der Waals surface area contributed by atoms with Crippen molar-refractivity contribution in [3.05, 3.63) is 30.3 Å². The van der Waals surface area contributed by atoms with Gasteiger partial charge in [0.2, 0.25) is 0 Å². The first-order chi connectivity index (χ1) is 12.2. The predicted octanol–water partition coefficient (Wildman–Crippen LogP) is 3.83. The number of urea groups is 1. The molecule has 5 nitrogen and oxygen atoms in total. The summed E-state index contributed by atoms with van der Waals surface area (Å²) in [6.45, 7) is 1.98. The van der Waals surface area contributed by atoms with Crippen molar-refractivity contribution in [2.75, 3.05) is 25.0 Å². The quantitative estimate of drug-likeness (QED) is 0.852. The number of amidine groups is 1. The van der Waals surface area contributed by atoms with Gasteiger partial charge in [-0.05, 0) is 44.9 Å². The van der Waals surface area contributed by atoms with Crippen LogP contribution in [-0.4, -0.2) is 48.5 Å². The number of halogens is 1. The zero-order valence-electron chi connectivity index (χ0n) is 15.5. The average molecular weight is 377 g/mol. The zero-order valence-corrected chi connectivity index (χ0v) is 16.3. The average Bonchev–Trinajstić information content (AvgIpc) is 2.90. The Kier molecular flexibility index (Phi) is 5.88. The molecule has 1 aliphatic carbocycles. The number of anilines is 1. The third kappa shape index (κ3) is 3.47. The molecule has 3 fully saturated rings. The molecule has 0 unspecified atom stereocenters. The monoisotopic (exact) mass is 376 g/mol. The number of para-hydroxylation sites is 1. The summed E-state index contributed by atoms with van der Waals surface area (Å²) < 4.78 is 0. The Morgan fingerprint density at radius 1 is 1.08 bits per heavy atom. The van der Waals surface area contributed by atoms with Crippen molar-refractivity contribution in [3.8, 4) is 0 Å². The van der Waals surface area contributed by atoms with Gasteiger partial charge in [0.15, 0.2) is 0 Å². The molecular formula is C20H29ClN4O. The van der Waals surface area contributed by atoms with E-state index < -0.39 is 0 Å². The van der Waals surface area contributed by atoms with Crippen molar-refractivity contribution in [2.24, 2.45) is 4.99 Å². The van der Waals surface area contributed by atoms with Crippen LogP contribution in [0.25, 0.3) is 0 Å². The smallest absolute Gasteiger partial charge is 0.306 e. The Bertz CT molecular complexity index is 649. The van der Waals surface area contributed by atoms with E-state index in [4.69, 9.17) is 4.99 Å². The number of piperidine rings is 1. The first kappa shape index (κ1) is 19.2. The molecule has 2 saturated heterocycles. The van der Waals surface area contributed by atoms with Gasteiger partial charge in [-0.15, -0.1) is 12.4 Å². The third-order valence-electron chi connectivity index (χ3n) is 6.01. The number of carbonyl (C=O) groups excluding carboxylic acids is 1. The van der Waals surface area contributed by atoms with Gasteiger partial charge < -0.3 is 4.90 Å². The molecule has 1 aromatic carbocycles. The van der Waals surface area contributed by atoms with E-state index in [9.17, 15) is 4.79 Å². The molecule has 1 N–H and O–H groups in total. The van der Waals surface area contributed by atoms with E-state index in [1.54, 1.807) is 0 Å². The maximum Gasteiger partial charge on any atom is 0.328 e. The third-order valence-corrected chi connectivity index (χ3v) is 6.01.